The van der Waals surface area contributed by atoms with Crippen molar-refractivity contribution in [2.45, 2.75) is 51.9 Å². The van der Waals surface area contributed by atoms with Crippen LogP contribution >= 0.6 is 0 Å². The Kier molecular flexibility index (Phi) is 5.55. The summed E-state index contributed by atoms with van der Waals surface area (Å²) in [6.45, 7) is 4.17. The lowest BCUT2D eigenvalue weighted by molar-refractivity contribution is -0.665. The highest BCUT2D eigenvalue weighted by Gasteiger charge is 2.23. The Bertz CT molecular complexity index is 1280. The molecule has 5 rings (SSSR count). The molecule has 0 bridgehead atoms. The Morgan fingerprint density at radius 2 is 1.56 bits per heavy atom. The topological polar surface area (TPSA) is 3.88 Å². The first-order valence-electron chi connectivity index (χ1n) is 11.8. The Balaban J connectivity index is 1.71. The second-order valence-electron chi connectivity index (χ2n) is 9.39. The van der Waals surface area contributed by atoms with E-state index in [-0.39, 0.29) is 5.82 Å². The average molecular weight is 425 g/mol. The van der Waals surface area contributed by atoms with Crippen molar-refractivity contribution in [1.82, 2.24) is 0 Å². The van der Waals surface area contributed by atoms with E-state index in [0.717, 1.165) is 22.4 Å². The lowest BCUT2D eigenvalue weighted by atomic mass is 9.83. The summed E-state index contributed by atoms with van der Waals surface area (Å²) >= 11 is 0. The van der Waals surface area contributed by atoms with Gasteiger partial charge in [-0.05, 0) is 66.0 Å². The number of fused-ring (bicyclic) bond motifs is 1. The molecule has 3 aromatic carbocycles. The number of aromatic nitrogens is 1. The maximum absolute atomic E-state index is 15.0. The first-order chi connectivity index (χ1) is 15.5. The summed E-state index contributed by atoms with van der Waals surface area (Å²) in [7, 11) is 2.12. The molecule has 1 aliphatic carbocycles. The van der Waals surface area contributed by atoms with Crippen molar-refractivity contribution < 1.29 is 8.96 Å². The minimum atomic E-state index is -0.170. The first kappa shape index (κ1) is 20.9. The van der Waals surface area contributed by atoms with Crippen molar-refractivity contribution >= 4 is 10.8 Å². The minimum Gasteiger partial charge on any atom is -0.206 e. The smallest absolute Gasteiger partial charge is 0.206 e. The third-order valence-electron chi connectivity index (χ3n) is 7.29. The number of rotatable bonds is 3. The van der Waals surface area contributed by atoms with Gasteiger partial charge in [0.15, 0.2) is 5.69 Å². The molecular formula is C30H31FN+. The van der Waals surface area contributed by atoms with Gasteiger partial charge in [0, 0.05) is 18.6 Å². The third-order valence-corrected chi connectivity index (χ3v) is 7.29. The molecule has 0 unspecified atom stereocenters. The van der Waals surface area contributed by atoms with Crippen LogP contribution in [0.4, 0.5) is 4.39 Å². The van der Waals surface area contributed by atoms with E-state index in [2.05, 4.69) is 42.8 Å². The molecule has 32 heavy (non-hydrogen) atoms. The van der Waals surface area contributed by atoms with Crippen molar-refractivity contribution in [3.63, 3.8) is 0 Å². The van der Waals surface area contributed by atoms with Gasteiger partial charge in [-0.1, -0.05) is 61.7 Å². The number of benzene rings is 3. The van der Waals surface area contributed by atoms with Crippen molar-refractivity contribution in [1.29, 1.82) is 0 Å². The second kappa shape index (κ2) is 8.50. The highest BCUT2D eigenvalue weighted by atomic mass is 19.1. The molecule has 0 amide bonds. The molecule has 1 heterocycles. The van der Waals surface area contributed by atoms with Crippen molar-refractivity contribution in [2.24, 2.45) is 7.05 Å². The van der Waals surface area contributed by atoms with E-state index in [4.69, 9.17) is 0 Å². The maximum Gasteiger partial charge on any atom is 0.220 e. The Hall–Kier alpha value is -3.00. The van der Waals surface area contributed by atoms with E-state index in [1.807, 2.05) is 43.3 Å². The van der Waals surface area contributed by atoms with Gasteiger partial charge >= 0.3 is 0 Å². The van der Waals surface area contributed by atoms with Crippen LogP contribution in [0.3, 0.4) is 0 Å². The molecule has 0 saturated heterocycles. The zero-order valence-electron chi connectivity index (χ0n) is 19.3. The second-order valence-corrected chi connectivity index (χ2v) is 9.39. The molecule has 4 aromatic rings. The van der Waals surface area contributed by atoms with Crippen LogP contribution < -0.4 is 4.57 Å². The number of nitrogens with zero attached hydrogens (tertiary/aromatic N) is 1. The Labute approximate surface area is 190 Å². The van der Waals surface area contributed by atoms with E-state index >= 15 is 0 Å². The molecule has 1 aliphatic rings. The highest BCUT2D eigenvalue weighted by molar-refractivity contribution is 5.95. The summed E-state index contributed by atoms with van der Waals surface area (Å²) < 4.78 is 17.2. The predicted molar refractivity (Wildman–Crippen MR) is 131 cm³/mol. The fourth-order valence-electron chi connectivity index (χ4n) is 5.38. The van der Waals surface area contributed by atoms with Crippen LogP contribution in [0.25, 0.3) is 33.2 Å². The van der Waals surface area contributed by atoms with E-state index < -0.39 is 0 Å². The Morgan fingerprint density at radius 3 is 2.31 bits per heavy atom. The summed E-state index contributed by atoms with van der Waals surface area (Å²) in [6.07, 6.45) is 6.66. The minimum absolute atomic E-state index is 0.170. The van der Waals surface area contributed by atoms with Gasteiger partial charge in [-0.3, -0.25) is 0 Å². The number of pyridine rings is 1. The lowest BCUT2D eigenvalue weighted by Crippen LogP contribution is -2.35. The SMILES string of the molecule is Cc1cc(F)c(-c2ccccc2)cc1-c1c2ccc(C3CCCCC3)cc2cc(C)[n+]1C. The monoisotopic (exact) mass is 424 g/mol. The van der Waals surface area contributed by atoms with Crippen LogP contribution in [-0.2, 0) is 7.05 Å². The van der Waals surface area contributed by atoms with Crippen LogP contribution in [0.5, 0.6) is 0 Å². The van der Waals surface area contributed by atoms with Gasteiger partial charge < -0.3 is 0 Å². The van der Waals surface area contributed by atoms with E-state index in [9.17, 15) is 4.39 Å². The fourth-order valence-corrected chi connectivity index (χ4v) is 5.38. The highest BCUT2D eigenvalue weighted by Crippen LogP contribution is 2.37. The van der Waals surface area contributed by atoms with Crippen molar-refractivity contribution in [3.05, 3.63) is 89.4 Å². The molecule has 1 nitrogen and oxygen atoms in total. The third kappa shape index (κ3) is 3.72. The number of hydrogen-bond donors (Lipinski definition) is 0. The van der Waals surface area contributed by atoms with E-state index in [0.29, 0.717) is 11.5 Å². The molecule has 1 aromatic heterocycles. The molecule has 1 saturated carbocycles. The molecule has 0 N–H and O–H groups in total. The number of aryl methyl sites for hydroxylation is 2. The summed E-state index contributed by atoms with van der Waals surface area (Å²) in [4.78, 5) is 0. The van der Waals surface area contributed by atoms with E-state index in [1.54, 1.807) is 6.07 Å². The molecule has 0 spiro atoms. The zero-order valence-corrected chi connectivity index (χ0v) is 19.3. The van der Waals surface area contributed by atoms with Gasteiger partial charge in [0.05, 0.1) is 10.9 Å². The molecule has 1 fully saturated rings. The molecule has 0 atom stereocenters. The average Bonchev–Trinajstić information content (AvgIpc) is 2.81. The summed E-state index contributed by atoms with van der Waals surface area (Å²) in [5, 5.41) is 2.51. The summed E-state index contributed by atoms with van der Waals surface area (Å²) in [6, 6.07) is 22.9. The maximum atomic E-state index is 15.0. The van der Waals surface area contributed by atoms with Gasteiger partial charge in [0.2, 0.25) is 5.69 Å². The van der Waals surface area contributed by atoms with Crippen LogP contribution in [0, 0.1) is 19.7 Å². The van der Waals surface area contributed by atoms with Crippen LogP contribution in [0.15, 0.2) is 66.7 Å². The first-order valence-corrected chi connectivity index (χ1v) is 11.8. The number of halogens is 1. The van der Waals surface area contributed by atoms with Gasteiger partial charge in [0.1, 0.15) is 12.9 Å². The zero-order chi connectivity index (χ0) is 22.2. The predicted octanol–water partition coefficient (Wildman–Crippen LogP) is 7.80. The summed E-state index contributed by atoms with van der Waals surface area (Å²) in [5.74, 6) is 0.514. The van der Waals surface area contributed by atoms with Crippen LogP contribution in [0.1, 0.15) is 54.8 Å². The largest absolute Gasteiger partial charge is 0.220 e. The molecular weight excluding hydrogens is 393 g/mol. The van der Waals surface area contributed by atoms with E-state index in [1.165, 1.54) is 54.1 Å². The molecule has 0 radical (unpaired) electrons. The summed E-state index contributed by atoms with van der Waals surface area (Å²) in [5.41, 5.74) is 7.44. The lowest BCUT2D eigenvalue weighted by Gasteiger charge is -2.22. The Morgan fingerprint density at radius 1 is 0.812 bits per heavy atom. The molecule has 162 valence electrons. The van der Waals surface area contributed by atoms with Gasteiger partial charge in [-0.25, -0.2) is 4.39 Å². The van der Waals surface area contributed by atoms with Gasteiger partial charge in [0.25, 0.3) is 0 Å². The van der Waals surface area contributed by atoms with Crippen LogP contribution in [0.2, 0.25) is 0 Å². The van der Waals surface area contributed by atoms with Crippen molar-refractivity contribution in [2.75, 3.05) is 0 Å². The standard InChI is InChI=1S/C30H31FN/c1-20-16-29(31)28(23-12-8-5-9-13-23)19-27(20)30-26-15-14-24(22-10-6-4-7-11-22)18-25(26)17-21(2)32(30)3/h5,8-9,12-19,22H,4,6-7,10-11H2,1-3H3/q+1. The van der Waals surface area contributed by atoms with Crippen LogP contribution in [-0.4, -0.2) is 0 Å². The molecule has 0 aliphatic heterocycles. The van der Waals surface area contributed by atoms with Gasteiger partial charge in [-0.15, -0.1) is 0 Å². The quantitative estimate of drug-likeness (QED) is 0.295. The normalized spacial score (nSPS) is 14.8. The van der Waals surface area contributed by atoms with Crippen molar-refractivity contribution in [3.8, 4) is 22.4 Å². The molecule has 2 heteroatoms. The fraction of sp³-hybridized carbons (Fsp3) is 0.300. The van der Waals surface area contributed by atoms with Gasteiger partial charge in [-0.2, -0.15) is 4.57 Å². The number of hydrogen-bond acceptors (Lipinski definition) is 0.